The van der Waals surface area contributed by atoms with Gasteiger partial charge in [0.15, 0.2) is 6.23 Å². The molecule has 0 saturated carbocycles. The van der Waals surface area contributed by atoms with E-state index >= 15 is 0 Å². The monoisotopic (exact) mass is 558 g/mol. The van der Waals surface area contributed by atoms with E-state index < -0.39 is 45.3 Å². The maximum Gasteiger partial charge on any atom is 0.463 e. The van der Waals surface area contributed by atoms with Gasteiger partial charge in [-0.2, -0.15) is 0 Å². The zero-order valence-corrected chi connectivity index (χ0v) is 21.3. The minimum absolute atomic E-state index is 0.00945. The topological polar surface area (TPSA) is 110 Å². The molecule has 2 heterocycles. The Hall–Kier alpha value is -3.54. The number of aromatic amines is 1. The Bertz CT molecular complexity index is 1190. The van der Waals surface area contributed by atoms with Gasteiger partial charge in [-0.25, -0.2) is 18.0 Å². The Morgan fingerprint density at radius 1 is 0.921 bits per heavy atom. The highest BCUT2D eigenvalue weighted by Crippen LogP contribution is 2.43. The lowest BCUT2D eigenvalue weighted by atomic mass is 10.2. The van der Waals surface area contributed by atoms with Crippen molar-refractivity contribution >= 4 is 8.60 Å². The predicted octanol–water partition coefficient (Wildman–Crippen LogP) is 4.46. The van der Waals surface area contributed by atoms with Crippen molar-refractivity contribution in [3.05, 3.63) is 81.6 Å². The Labute approximate surface area is 216 Å². The summed E-state index contributed by atoms with van der Waals surface area (Å²) in [4.78, 5) is 25.4. The molecule has 3 atom stereocenters. The SMILES string of the molecule is COc1ccc(OP(OCC2CC(F)C(n3ccc(=O)[nH]c3=O)O2)Oc2ccc(OC)cc2)cc1.FCF. The molecule has 1 aliphatic rings. The van der Waals surface area contributed by atoms with Crippen LogP contribution in [0.4, 0.5) is 13.2 Å². The van der Waals surface area contributed by atoms with E-state index in [1.165, 1.54) is 6.20 Å². The van der Waals surface area contributed by atoms with Gasteiger partial charge in [0.1, 0.15) is 29.2 Å². The first kappa shape index (κ1) is 29.0. The summed E-state index contributed by atoms with van der Waals surface area (Å²) in [6.07, 6.45) is -2.12. The van der Waals surface area contributed by atoms with Crippen LogP contribution in [-0.2, 0) is 9.26 Å². The molecule has 1 aliphatic heterocycles. The van der Waals surface area contributed by atoms with E-state index in [4.69, 9.17) is 27.8 Å². The van der Waals surface area contributed by atoms with Gasteiger partial charge in [-0.05, 0) is 48.5 Å². The van der Waals surface area contributed by atoms with Crippen LogP contribution in [0, 0.1) is 0 Å². The van der Waals surface area contributed by atoms with Gasteiger partial charge in [0.2, 0.25) is 6.93 Å². The van der Waals surface area contributed by atoms with E-state index in [0.717, 1.165) is 10.6 Å². The summed E-state index contributed by atoms with van der Waals surface area (Å²) in [5, 5.41) is 0. The van der Waals surface area contributed by atoms with Crippen LogP contribution in [-0.4, -0.2) is 49.6 Å². The van der Waals surface area contributed by atoms with Crippen molar-refractivity contribution in [2.24, 2.45) is 0 Å². The van der Waals surface area contributed by atoms with E-state index in [1.54, 1.807) is 62.8 Å². The molecule has 1 aromatic heterocycles. The molecule has 1 saturated heterocycles. The fourth-order valence-corrected chi connectivity index (χ4v) is 4.36. The Balaban J connectivity index is 0.00000127. The number of alkyl halides is 3. The van der Waals surface area contributed by atoms with Gasteiger partial charge in [0.05, 0.1) is 26.9 Å². The third-order valence-electron chi connectivity index (χ3n) is 5.10. The zero-order chi connectivity index (χ0) is 27.5. The molecule has 0 aliphatic carbocycles. The predicted molar refractivity (Wildman–Crippen MR) is 132 cm³/mol. The summed E-state index contributed by atoms with van der Waals surface area (Å²) in [5.74, 6) is 2.30. The number of nitrogens with zero attached hydrogens (tertiary/aromatic N) is 1. The number of hydrogen-bond acceptors (Lipinski definition) is 8. The largest absolute Gasteiger partial charge is 0.497 e. The highest BCUT2D eigenvalue weighted by molar-refractivity contribution is 7.42. The quantitative estimate of drug-likeness (QED) is 0.363. The molecule has 3 aromatic rings. The number of hydrogen-bond donors (Lipinski definition) is 1. The van der Waals surface area contributed by atoms with Crippen molar-refractivity contribution < 1.29 is 41.0 Å². The molecule has 0 radical (unpaired) electrons. The van der Waals surface area contributed by atoms with Gasteiger partial charge in [-0.1, -0.05) is 0 Å². The summed E-state index contributed by atoms with van der Waals surface area (Å²) in [7, 11) is 1.17. The lowest BCUT2D eigenvalue weighted by Crippen LogP contribution is -2.34. The maximum atomic E-state index is 14.7. The third-order valence-corrected chi connectivity index (χ3v) is 6.18. The van der Waals surface area contributed by atoms with Gasteiger partial charge in [0, 0.05) is 18.7 Å². The van der Waals surface area contributed by atoms with Crippen molar-refractivity contribution in [3.63, 3.8) is 0 Å². The number of rotatable bonds is 10. The van der Waals surface area contributed by atoms with Crippen LogP contribution in [0.5, 0.6) is 23.0 Å². The molecule has 1 N–H and O–H groups in total. The summed E-state index contributed by atoms with van der Waals surface area (Å²) < 4.78 is 68.6. The van der Waals surface area contributed by atoms with Gasteiger partial charge in [-0.15, -0.1) is 0 Å². The number of H-pyrrole nitrogens is 1. The molecule has 0 bridgehead atoms. The average Bonchev–Trinajstić information content (AvgIpc) is 3.28. The van der Waals surface area contributed by atoms with E-state index in [0.29, 0.717) is 23.0 Å². The van der Waals surface area contributed by atoms with Crippen LogP contribution in [0.3, 0.4) is 0 Å². The van der Waals surface area contributed by atoms with Crippen molar-refractivity contribution in [3.8, 4) is 23.0 Å². The van der Waals surface area contributed by atoms with Gasteiger partial charge < -0.3 is 23.3 Å². The fourth-order valence-electron chi connectivity index (χ4n) is 3.34. The highest BCUT2D eigenvalue weighted by atomic mass is 31.2. The minimum Gasteiger partial charge on any atom is -0.497 e. The Kier molecular flexibility index (Phi) is 11.0. The molecular weight excluding hydrogens is 532 g/mol. The lowest BCUT2D eigenvalue weighted by molar-refractivity contribution is -0.0365. The standard InChI is InChI=1S/C23H24FN2O8P.CH2F2/c1-29-15-3-7-17(8-4-15)33-35(34-18-9-5-16(30-2)6-10-18)31-14-19-13-20(24)22(32-19)26-12-11-21(27)25-23(26)28;2-1-3/h3-12,19-20,22H,13-14H2,1-2H3,(H,25,27,28);1H2. The third kappa shape index (κ3) is 8.23. The van der Waals surface area contributed by atoms with Crippen molar-refractivity contribution in [2.45, 2.75) is 24.9 Å². The molecule has 1 fully saturated rings. The Morgan fingerprint density at radius 2 is 1.42 bits per heavy atom. The molecule has 3 unspecified atom stereocenters. The molecule has 2 aromatic carbocycles. The van der Waals surface area contributed by atoms with Crippen molar-refractivity contribution in [1.82, 2.24) is 9.55 Å². The summed E-state index contributed by atoms with van der Waals surface area (Å²) in [5.41, 5.74) is -1.32. The molecule has 38 heavy (non-hydrogen) atoms. The normalized spacial score (nSPS) is 18.4. The van der Waals surface area contributed by atoms with Crippen molar-refractivity contribution in [1.29, 1.82) is 0 Å². The average molecular weight is 558 g/mol. The van der Waals surface area contributed by atoms with Crippen LogP contribution >= 0.6 is 8.60 Å². The molecule has 206 valence electrons. The summed E-state index contributed by atoms with van der Waals surface area (Å²) in [6.45, 7) is -1.80. The van der Waals surface area contributed by atoms with Gasteiger partial charge in [-0.3, -0.25) is 18.9 Å². The number of aromatic nitrogens is 2. The molecule has 0 spiro atoms. The van der Waals surface area contributed by atoms with E-state index in [1.807, 2.05) is 0 Å². The second kappa shape index (κ2) is 14.4. The minimum atomic E-state index is -1.95. The number of benzene rings is 2. The lowest BCUT2D eigenvalue weighted by Gasteiger charge is -2.20. The number of methoxy groups -OCH3 is 2. The van der Waals surface area contributed by atoms with Gasteiger partial charge >= 0.3 is 14.3 Å². The van der Waals surface area contributed by atoms with Crippen LogP contribution in [0.2, 0.25) is 0 Å². The first-order valence-corrected chi connectivity index (χ1v) is 12.3. The smallest absolute Gasteiger partial charge is 0.463 e. The molecular formula is C24H26F3N2O8P. The first-order chi connectivity index (χ1) is 18.4. The summed E-state index contributed by atoms with van der Waals surface area (Å²) >= 11 is 0. The molecule has 0 amide bonds. The summed E-state index contributed by atoms with van der Waals surface area (Å²) in [6, 6.07) is 14.9. The number of halogens is 3. The number of ether oxygens (including phenoxy) is 3. The second-order valence-corrected chi connectivity index (χ2v) is 8.64. The van der Waals surface area contributed by atoms with E-state index in [-0.39, 0.29) is 13.0 Å². The molecule has 10 nitrogen and oxygen atoms in total. The zero-order valence-electron chi connectivity index (χ0n) is 20.4. The second-order valence-electron chi connectivity index (χ2n) is 7.57. The van der Waals surface area contributed by atoms with Crippen molar-refractivity contribution in [2.75, 3.05) is 27.8 Å². The van der Waals surface area contributed by atoms with Crippen LogP contribution in [0.15, 0.2) is 70.4 Å². The molecule has 14 heteroatoms. The fraction of sp³-hybridized carbons (Fsp3) is 0.333. The first-order valence-electron chi connectivity index (χ1n) is 11.2. The van der Waals surface area contributed by atoms with Crippen LogP contribution in [0.25, 0.3) is 0 Å². The highest BCUT2D eigenvalue weighted by Gasteiger charge is 2.38. The maximum absolute atomic E-state index is 14.7. The van der Waals surface area contributed by atoms with Crippen LogP contribution in [0.1, 0.15) is 12.6 Å². The number of nitrogens with one attached hydrogen (secondary N) is 1. The molecule has 4 rings (SSSR count). The van der Waals surface area contributed by atoms with E-state index in [9.17, 15) is 22.8 Å². The van der Waals surface area contributed by atoms with Crippen LogP contribution < -0.4 is 29.8 Å². The van der Waals surface area contributed by atoms with E-state index in [2.05, 4.69) is 4.98 Å². The van der Waals surface area contributed by atoms with Gasteiger partial charge in [0.25, 0.3) is 5.56 Å². The Morgan fingerprint density at radius 3 is 1.89 bits per heavy atom.